The van der Waals surface area contributed by atoms with Gasteiger partial charge in [-0.25, -0.2) is 10.2 Å². The lowest BCUT2D eigenvalue weighted by atomic mass is 10.2. The molecule has 3 rings (SSSR count). The van der Waals surface area contributed by atoms with Crippen LogP contribution in [-0.2, 0) is 16.0 Å². The highest BCUT2D eigenvalue weighted by molar-refractivity contribution is 5.89. The molecule has 0 bridgehead atoms. The van der Waals surface area contributed by atoms with Gasteiger partial charge in [-0.05, 0) is 65.6 Å². The number of hydrogen-bond acceptors (Lipinski definition) is 5. The molecular formula is C26H24N2O4. The van der Waals surface area contributed by atoms with Crippen LogP contribution in [0.5, 0.6) is 11.5 Å². The molecule has 0 spiro atoms. The highest BCUT2D eigenvalue weighted by Gasteiger charge is 2.02. The largest absolute Gasteiger partial charge is 0.484 e. The van der Waals surface area contributed by atoms with E-state index in [4.69, 9.17) is 9.47 Å². The van der Waals surface area contributed by atoms with Crippen LogP contribution in [0.2, 0.25) is 0 Å². The van der Waals surface area contributed by atoms with Gasteiger partial charge in [0.15, 0.2) is 6.61 Å². The molecule has 6 heteroatoms. The number of carbonyl (C=O) groups is 2. The summed E-state index contributed by atoms with van der Waals surface area (Å²) in [6.45, 7) is 1.94. The molecule has 1 amide bonds. The number of hydrogen-bond donors (Lipinski definition) is 1. The van der Waals surface area contributed by atoms with Crippen molar-refractivity contribution in [2.45, 2.75) is 13.3 Å². The maximum atomic E-state index is 11.9. The fraction of sp³-hybridized carbons (Fsp3) is 0.115. The molecule has 0 saturated heterocycles. The predicted octanol–water partition coefficient (Wildman–Crippen LogP) is 4.40. The van der Waals surface area contributed by atoms with Crippen molar-refractivity contribution in [3.05, 3.63) is 102 Å². The zero-order valence-electron chi connectivity index (χ0n) is 17.7. The summed E-state index contributed by atoms with van der Waals surface area (Å²) in [5.74, 6) is 0.213. The van der Waals surface area contributed by atoms with Crippen molar-refractivity contribution in [3.63, 3.8) is 0 Å². The molecule has 0 heterocycles. The molecule has 0 radical (unpaired) electrons. The number of rotatable bonds is 9. The van der Waals surface area contributed by atoms with Crippen molar-refractivity contribution < 1.29 is 19.1 Å². The molecule has 32 heavy (non-hydrogen) atoms. The first-order valence-corrected chi connectivity index (χ1v) is 10.2. The van der Waals surface area contributed by atoms with Gasteiger partial charge in [-0.3, -0.25) is 4.79 Å². The summed E-state index contributed by atoms with van der Waals surface area (Å²) >= 11 is 0. The van der Waals surface area contributed by atoms with Gasteiger partial charge in [-0.2, -0.15) is 5.10 Å². The Morgan fingerprint density at radius 1 is 0.875 bits per heavy atom. The lowest BCUT2D eigenvalue weighted by Crippen LogP contribution is -2.24. The Labute approximate surface area is 187 Å². The molecule has 0 fully saturated rings. The summed E-state index contributed by atoms with van der Waals surface area (Å²) in [5, 5.41) is 3.91. The van der Waals surface area contributed by atoms with E-state index >= 15 is 0 Å². The van der Waals surface area contributed by atoms with E-state index in [0.717, 1.165) is 17.5 Å². The number of nitrogens with zero attached hydrogens (tertiary/aromatic N) is 1. The van der Waals surface area contributed by atoms with Gasteiger partial charge < -0.3 is 9.47 Å². The van der Waals surface area contributed by atoms with E-state index in [1.54, 1.807) is 30.3 Å². The van der Waals surface area contributed by atoms with E-state index in [9.17, 15) is 9.59 Å². The van der Waals surface area contributed by atoms with Crippen LogP contribution in [0.1, 0.15) is 23.6 Å². The molecule has 0 atom stereocenters. The van der Waals surface area contributed by atoms with Crippen LogP contribution in [0.3, 0.4) is 0 Å². The highest BCUT2D eigenvalue weighted by atomic mass is 16.5. The SMILES string of the molecule is CCc1ccc(OCC(=O)N/N=C/c2ccc(OC(=O)/C=C/c3ccccc3)cc2)cc1. The second kappa shape index (κ2) is 11.9. The Balaban J connectivity index is 1.41. The van der Waals surface area contributed by atoms with E-state index in [1.807, 2.05) is 54.6 Å². The van der Waals surface area contributed by atoms with E-state index in [-0.39, 0.29) is 12.5 Å². The first kappa shape index (κ1) is 22.5. The molecule has 0 aliphatic rings. The van der Waals surface area contributed by atoms with E-state index < -0.39 is 5.97 Å². The van der Waals surface area contributed by atoms with E-state index in [0.29, 0.717) is 11.5 Å². The number of nitrogens with one attached hydrogen (secondary N) is 1. The Morgan fingerprint density at radius 3 is 2.25 bits per heavy atom. The Morgan fingerprint density at radius 2 is 1.56 bits per heavy atom. The molecule has 0 aliphatic carbocycles. The van der Waals surface area contributed by atoms with Crippen molar-refractivity contribution in [2.75, 3.05) is 6.61 Å². The van der Waals surface area contributed by atoms with Crippen molar-refractivity contribution in [1.29, 1.82) is 0 Å². The van der Waals surface area contributed by atoms with Crippen LogP contribution in [0.25, 0.3) is 6.08 Å². The summed E-state index contributed by atoms with van der Waals surface area (Å²) in [4.78, 5) is 23.8. The number of amides is 1. The third-order valence-corrected chi connectivity index (χ3v) is 4.41. The number of carbonyl (C=O) groups excluding carboxylic acids is 2. The summed E-state index contributed by atoms with van der Waals surface area (Å²) in [7, 11) is 0. The second-order valence-electron chi connectivity index (χ2n) is 6.81. The van der Waals surface area contributed by atoms with Gasteiger partial charge in [0.2, 0.25) is 0 Å². The normalized spacial score (nSPS) is 10.9. The molecule has 3 aromatic rings. The summed E-state index contributed by atoms with van der Waals surface area (Å²) < 4.78 is 10.7. The monoisotopic (exact) mass is 428 g/mol. The number of benzene rings is 3. The molecule has 0 aromatic heterocycles. The summed E-state index contributed by atoms with van der Waals surface area (Å²) in [6, 6.07) is 23.8. The van der Waals surface area contributed by atoms with Gasteiger partial charge in [-0.15, -0.1) is 0 Å². The molecule has 3 aromatic carbocycles. The predicted molar refractivity (Wildman–Crippen MR) is 125 cm³/mol. The van der Waals surface area contributed by atoms with Crippen molar-refractivity contribution in [3.8, 4) is 11.5 Å². The Hall–Kier alpha value is -4.19. The van der Waals surface area contributed by atoms with Gasteiger partial charge in [0.25, 0.3) is 5.91 Å². The van der Waals surface area contributed by atoms with E-state index in [1.165, 1.54) is 17.9 Å². The zero-order valence-corrected chi connectivity index (χ0v) is 17.7. The molecule has 6 nitrogen and oxygen atoms in total. The van der Waals surface area contributed by atoms with Crippen LogP contribution in [0.4, 0.5) is 0 Å². The Bertz CT molecular complexity index is 1070. The fourth-order valence-electron chi connectivity index (χ4n) is 2.68. The number of hydrazone groups is 1. The van der Waals surface area contributed by atoms with Gasteiger partial charge in [0, 0.05) is 6.08 Å². The van der Waals surface area contributed by atoms with Gasteiger partial charge in [-0.1, -0.05) is 49.4 Å². The van der Waals surface area contributed by atoms with Crippen molar-refractivity contribution in [2.24, 2.45) is 5.10 Å². The minimum atomic E-state index is -0.466. The molecule has 0 aliphatic heterocycles. The Kier molecular flexibility index (Phi) is 8.34. The quantitative estimate of drug-likeness (QED) is 0.180. The fourth-order valence-corrected chi connectivity index (χ4v) is 2.68. The number of aryl methyl sites for hydroxylation is 1. The van der Waals surface area contributed by atoms with Gasteiger partial charge >= 0.3 is 5.97 Å². The van der Waals surface area contributed by atoms with Crippen LogP contribution in [-0.4, -0.2) is 24.7 Å². The molecule has 0 unspecified atom stereocenters. The second-order valence-corrected chi connectivity index (χ2v) is 6.81. The highest BCUT2D eigenvalue weighted by Crippen LogP contribution is 2.13. The maximum absolute atomic E-state index is 11.9. The minimum absolute atomic E-state index is 0.131. The van der Waals surface area contributed by atoms with Crippen molar-refractivity contribution in [1.82, 2.24) is 5.43 Å². The minimum Gasteiger partial charge on any atom is -0.484 e. The zero-order chi connectivity index (χ0) is 22.6. The molecular weight excluding hydrogens is 404 g/mol. The number of ether oxygens (including phenoxy) is 2. The lowest BCUT2D eigenvalue weighted by molar-refractivity contribution is -0.129. The smallest absolute Gasteiger partial charge is 0.336 e. The average molecular weight is 428 g/mol. The molecule has 162 valence electrons. The lowest BCUT2D eigenvalue weighted by Gasteiger charge is -2.05. The van der Waals surface area contributed by atoms with Crippen molar-refractivity contribution >= 4 is 24.2 Å². The topological polar surface area (TPSA) is 77.0 Å². The number of esters is 1. The first-order valence-electron chi connectivity index (χ1n) is 10.2. The third kappa shape index (κ3) is 7.57. The van der Waals surface area contributed by atoms with E-state index in [2.05, 4.69) is 17.5 Å². The summed E-state index contributed by atoms with van der Waals surface area (Å²) in [6.07, 6.45) is 5.51. The summed E-state index contributed by atoms with van der Waals surface area (Å²) in [5.41, 5.74) is 5.27. The van der Waals surface area contributed by atoms with Crippen LogP contribution in [0, 0.1) is 0 Å². The van der Waals surface area contributed by atoms with Gasteiger partial charge in [0.1, 0.15) is 11.5 Å². The molecule has 0 saturated carbocycles. The third-order valence-electron chi connectivity index (χ3n) is 4.41. The van der Waals surface area contributed by atoms with Gasteiger partial charge in [0.05, 0.1) is 6.21 Å². The van der Waals surface area contributed by atoms with Crippen LogP contribution < -0.4 is 14.9 Å². The van der Waals surface area contributed by atoms with Crippen LogP contribution in [0.15, 0.2) is 90.0 Å². The average Bonchev–Trinajstić information content (AvgIpc) is 2.83. The standard InChI is InChI=1S/C26H24N2O4/c1-2-20-8-13-23(14-9-20)31-19-25(29)28-27-18-22-10-15-24(16-11-22)32-26(30)17-12-21-6-4-3-5-7-21/h3-18H,2,19H2,1H3,(H,28,29)/b17-12+,27-18+. The first-order chi connectivity index (χ1) is 15.6. The van der Waals surface area contributed by atoms with Crippen LogP contribution >= 0.6 is 0 Å². The molecule has 1 N–H and O–H groups in total. The maximum Gasteiger partial charge on any atom is 0.336 e.